The number of hydrogen-bond donors (Lipinski definition) is 1. The predicted octanol–water partition coefficient (Wildman–Crippen LogP) is 2.40. The van der Waals surface area contributed by atoms with Gasteiger partial charge in [0, 0.05) is 12.1 Å². The van der Waals surface area contributed by atoms with Gasteiger partial charge < -0.3 is 9.84 Å². The number of rotatable bonds is 3. The first-order valence-corrected chi connectivity index (χ1v) is 5.07. The fourth-order valence-electron chi connectivity index (χ4n) is 1.91. The van der Waals surface area contributed by atoms with Gasteiger partial charge in [0.1, 0.15) is 0 Å². The Bertz CT molecular complexity index is 262. The lowest BCUT2D eigenvalue weighted by Gasteiger charge is -2.27. The summed E-state index contributed by atoms with van der Waals surface area (Å²) in [6.07, 6.45) is 0.782. The van der Waals surface area contributed by atoms with E-state index >= 15 is 0 Å². The van der Waals surface area contributed by atoms with Crippen LogP contribution in [-0.4, -0.2) is 23.8 Å². The van der Waals surface area contributed by atoms with E-state index in [2.05, 4.69) is 0 Å². The van der Waals surface area contributed by atoms with E-state index in [1.165, 1.54) is 5.54 Å². The predicted molar refractivity (Wildman–Crippen MR) is 54.3 cm³/mol. The fraction of sp³-hybridized carbons (Fsp3) is 0.700. The van der Waals surface area contributed by atoms with E-state index in [0.717, 1.165) is 5.57 Å². The van der Waals surface area contributed by atoms with E-state index in [4.69, 9.17) is 16.3 Å². The molecule has 0 saturated carbocycles. The van der Waals surface area contributed by atoms with E-state index in [9.17, 15) is 9.90 Å². The third kappa shape index (κ3) is 1.93. The average Bonchev–Trinajstić information content (AvgIpc) is 2.49. The molecule has 2 unspecified atom stereocenters. The van der Waals surface area contributed by atoms with E-state index < -0.39 is 11.4 Å². The van der Waals surface area contributed by atoms with Crippen molar-refractivity contribution in [3.8, 4) is 0 Å². The number of allylic oxidation sites excluding steroid dienone is 1. The van der Waals surface area contributed by atoms with Crippen molar-refractivity contribution < 1.29 is 14.6 Å². The molecule has 80 valence electrons. The summed E-state index contributed by atoms with van der Waals surface area (Å²) >= 11 is 5.55. The zero-order chi connectivity index (χ0) is 10.8. The second-order valence-corrected chi connectivity index (χ2v) is 4.07. The van der Waals surface area contributed by atoms with Crippen molar-refractivity contribution in [2.24, 2.45) is 5.41 Å². The molecule has 0 aromatic heterocycles. The molecule has 14 heavy (non-hydrogen) atoms. The van der Waals surface area contributed by atoms with Crippen LogP contribution in [0.4, 0.5) is 0 Å². The van der Waals surface area contributed by atoms with Crippen LogP contribution in [0.2, 0.25) is 0 Å². The van der Waals surface area contributed by atoms with Crippen molar-refractivity contribution >= 4 is 17.6 Å². The average molecular weight is 219 g/mol. The minimum atomic E-state index is -0.791. The first kappa shape index (κ1) is 11.5. The summed E-state index contributed by atoms with van der Waals surface area (Å²) in [7, 11) is 0. The third-order valence-corrected chi connectivity index (χ3v) is 3.27. The number of carboxylic acid groups (broad SMARTS) is 1. The maximum Gasteiger partial charge on any atom is 0.312 e. The lowest BCUT2D eigenvalue weighted by Crippen LogP contribution is -2.37. The number of ether oxygens (including phenoxy) is 1. The number of carbonyl (C=O) groups is 1. The molecular formula is C10H15ClO3. The molecule has 1 heterocycles. The molecule has 1 saturated heterocycles. The molecule has 3 nitrogen and oxygen atoms in total. The van der Waals surface area contributed by atoms with E-state index in [-0.39, 0.29) is 6.10 Å². The number of halogens is 1. The molecule has 0 amide bonds. The van der Waals surface area contributed by atoms with E-state index in [1.807, 2.05) is 13.8 Å². The van der Waals surface area contributed by atoms with Crippen LogP contribution < -0.4 is 0 Å². The molecular weight excluding hydrogens is 204 g/mol. The van der Waals surface area contributed by atoms with Gasteiger partial charge in [-0.1, -0.05) is 17.2 Å². The topological polar surface area (TPSA) is 46.5 Å². The van der Waals surface area contributed by atoms with Crippen LogP contribution in [0.3, 0.4) is 0 Å². The van der Waals surface area contributed by atoms with Gasteiger partial charge >= 0.3 is 5.97 Å². The van der Waals surface area contributed by atoms with Crippen LogP contribution >= 0.6 is 11.6 Å². The highest BCUT2D eigenvalue weighted by atomic mass is 35.5. The molecule has 1 N–H and O–H groups in total. The maximum atomic E-state index is 11.2. The van der Waals surface area contributed by atoms with Crippen molar-refractivity contribution in [3.05, 3.63) is 11.1 Å². The standard InChI is InChI=1S/C10H15ClO3/c1-7(6-11)5-10(9(12)13)3-4-14-8(10)2/h6,8H,3-5H2,1-2H3,(H,12,13). The normalized spacial score (nSPS) is 33.4. The van der Waals surface area contributed by atoms with Gasteiger partial charge in [0.15, 0.2) is 0 Å². The summed E-state index contributed by atoms with van der Waals surface area (Å²) < 4.78 is 5.32. The third-order valence-electron chi connectivity index (χ3n) is 2.90. The van der Waals surface area contributed by atoms with Crippen LogP contribution in [0.5, 0.6) is 0 Å². The molecule has 4 heteroatoms. The first-order valence-electron chi connectivity index (χ1n) is 4.64. The summed E-state index contributed by atoms with van der Waals surface area (Å²) in [4.78, 5) is 11.2. The maximum absolute atomic E-state index is 11.2. The van der Waals surface area contributed by atoms with E-state index in [0.29, 0.717) is 19.4 Å². The van der Waals surface area contributed by atoms with E-state index in [1.54, 1.807) is 0 Å². The molecule has 0 aromatic rings. The zero-order valence-corrected chi connectivity index (χ0v) is 9.17. The summed E-state index contributed by atoms with van der Waals surface area (Å²) in [5.74, 6) is -0.791. The van der Waals surface area contributed by atoms with Gasteiger partial charge in [-0.25, -0.2) is 0 Å². The fourth-order valence-corrected chi connectivity index (χ4v) is 1.98. The SMILES string of the molecule is CC(=CCl)CC1(C(=O)O)CCOC1C. The Morgan fingerprint density at radius 2 is 2.43 bits per heavy atom. The lowest BCUT2D eigenvalue weighted by atomic mass is 9.77. The lowest BCUT2D eigenvalue weighted by molar-refractivity contribution is -0.151. The number of aliphatic carboxylic acids is 1. The Hall–Kier alpha value is -0.540. The quantitative estimate of drug-likeness (QED) is 0.791. The summed E-state index contributed by atoms with van der Waals surface area (Å²) in [6, 6.07) is 0. The Morgan fingerprint density at radius 3 is 2.79 bits per heavy atom. The Morgan fingerprint density at radius 1 is 1.79 bits per heavy atom. The van der Waals surface area contributed by atoms with Gasteiger partial charge in [-0.2, -0.15) is 0 Å². The van der Waals surface area contributed by atoms with Crippen LogP contribution in [0.25, 0.3) is 0 Å². The number of hydrogen-bond acceptors (Lipinski definition) is 2. The molecule has 0 spiro atoms. The monoisotopic (exact) mass is 218 g/mol. The molecule has 2 atom stereocenters. The minimum absolute atomic E-state index is 0.244. The van der Waals surface area contributed by atoms with Crippen LogP contribution in [0.1, 0.15) is 26.7 Å². The smallest absolute Gasteiger partial charge is 0.312 e. The van der Waals surface area contributed by atoms with Gasteiger partial charge in [0.05, 0.1) is 11.5 Å². The van der Waals surface area contributed by atoms with Gasteiger partial charge in [0.2, 0.25) is 0 Å². The van der Waals surface area contributed by atoms with Crippen LogP contribution in [-0.2, 0) is 9.53 Å². The molecule has 1 aliphatic heterocycles. The summed E-state index contributed by atoms with van der Waals surface area (Å²) in [5, 5.41) is 9.23. The van der Waals surface area contributed by atoms with Gasteiger partial charge in [0.25, 0.3) is 0 Å². The molecule has 0 aliphatic carbocycles. The van der Waals surface area contributed by atoms with Gasteiger partial charge in [-0.15, -0.1) is 0 Å². The van der Waals surface area contributed by atoms with Crippen LogP contribution in [0, 0.1) is 5.41 Å². The van der Waals surface area contributed by atoms with Crippen molar-refractivity contribution in [3.63, 3.8) is 0 Å². The van der Waals surface area contributed by atoms with Gasteiger partial charge in [-0.05, 0) is 26.7 Å². The second-order valence-electron chi connectivity index (χ2n) is 3.86. The number of carboxylic acids is 1. The first-order chi connectivity index (χ1) is 6.53. The van der Waals surface area contributed by atoms with Crippen LogP contribution in [0.15, 0.2) is 11.1 Å². The highest BCUT2D eigenvalue weighted by Crippen LogP contribution is 2.40. The molecule has 0 bridgehead atoms. The summed E-state index contributed by atoms with van der Waals surface area (Å²) in [6.45, 7) is 4.16. The molecule has 1 aliphatic rings. The Kier molecular flexibility index (Phi) is 3.56. The molecule has 1 fully saturated rings. The van der Waals surface area contributed by atoms with Crippen molar-refractivity contribution in [2.75, 3.05) is 6.61 Å². The minimum Gasteiger partial charge on any atom is -0.481 e. The molecule has 0 aromatic carbocycles. The van der Waals surface area contributed by atoms with Gasteiger partial charge in [-0.3, -0.25) is 4.79 Å². The molecule has 0 radical (unpaired) electrons. The van der Waals surface area contributed by atoms with Crippen molar-refractivity contribution in [1.82, 2.24) is 0 Å². The highest BCUT2D eigenvalue weighted by Gasteiger charge is 2.48. The molecule has 1 rings (SSSR count). The zero-order valence-electron chi connectivity index (χ0n) is 8.42. The van der Waals surface area contributed by atoms with Crippen molar-refractivity contribution in [2.45, 2.75) is 32.8 Å². The Labute approximate surface area is 88.7 Å². The van der Waals surface area contributed by atoms with Crippen molar-refractivity contribution in [1.29, 1.82) is 0 Å². The second kappa shape index (κ2) is 4.32. The summed E-state index contributed by atoms with van der Waals surface area (Å²) in [5.41, 5.74) is 1.54. The highest BCUT2D eigenvalue weighted by molar-refractivity contribution is 6.25. The largest absolute Gasteiger partial charge is 0.481 e. The Balaban J connectivity index is 2.88.